The van der Waals surface area contributed by atoms with Crippen molar-refractivity contribution in [3.05, 3.63) is 35.6 Å². The van der Waals surface area contributed by atoms with Crippen molar-refractivity contribution in [1.29, 1.82) is 0 Å². The molecule has 1 aromatic carbocycles. The average Bonchev–Trinajstić information content (AvgIpc) is 2.51. The van der Waals surface area contributed by atoms with Gasteiger partial charge >= 0.3 is 0 Å². The van der Waals surface area contributed by atoms with Crippen molar-refractivity contribution in [1.82, 2.24) is 10.3 Å². The maximum absolute atomic E-state index is 13.1. The van der Waals surface area contributed by atoms with Gasteiger partial charge in [-0.2, -0.15) is 5.10 Å². The van der Waals surface area contributed by atoms with Gasteiger partial charge in [-0.1, -0.05) is 18.6 Å². The summed E-state index contributed by atoms with van der Waals surface area (Å²) >= 11 is 0. The minimum absolute atomic E-state index is 0.101. The molecule has 0 aromatic heterocycles. The van der Waals surface area contributed by atoms with Gasteiger partial charge in [0.15, 0.2) is 0 Å². The van der Waals surface area contributed by atoms with Crippen molar-refractivity contribution in [3.8, 4) is 0 Å². The van der Waals surface area contributed by atoms with E-state index in [9.17, 15) is 9.18 Å². The first-order chi connectivity index (χ1) is 10.1. The molecule has 0 aliphatic carbocycles. The van der Waals surface area contributed by atoms with Crippen molar-refractivity contribution in [3.63, 3.8) is 0 Å². The highest BCUT2D eigenvalue weighted by molar-refractivity contribution is 5.99. The number of nitrogens with one attached hydrogen (secondary N) is 1. The maximum Gasteiger partial charge on any atom is 0.241 e. The van der Waals surface area contributed by atoms with Crippen molar-refractivity contribution in [2.45, 2.75) is 32.6 Å². The SMILES string of the molecule is C/C(=N\NC(=O)CCN1CCCCC1)c1cccc(F)c1. The zero-order valence-electron chi connectivity index (χ0n) is 12.4. The van der Waals surface area contributed by atoms with Gasteiger partial charge in [0.1, 0.15) is 5.82 Å². The molecule has 1 amide bonds. The summed E-state index contributed by atoms with van der Waals surface area (Å²) in [7, 11) is 0. The van der Waals surface area contributed by atoms with E-state index in [2.05, 4.69) is 15.4 Å². The zero-order chi connectivity index (χ0) is 15.1. The molecule has 1 fully saturated rings. The fourth-order valence-corrected chi connectivity index (χ4v) is 2.42. The van der Waals surface area contributed by atoms with E-state index in [1.807, 2.05) is 0 Å². The smallest absolute Gasteiger partial charge is 0.241 e. The first-order valence-electron chi connectivity index (χ1n) is 7.46. The lowest BCUT2D eigenvalue weighted by atomic mass is 10.1. The van der Waals surface area contributed by atoms with Crippen LogP contribution >= 0.6 is 0 Å². The lowest BCUT2D eigenvalue weighted by Crippen LogP contribution is -2.33. The standard InChI is InChI=1S/C16H22FN3O/c1-13(14-6-5-7-15(17)12-14)18-19-16(21)8-11-20-9-3-2-4-10-20/h5-7,12H,2-4,8-11H2,1H3,(H,19,21)/b18-13+. The van der Waals surface area contributed by atoms with Gasteiger partial charge in [0.25, 0.3) is 0 Å². The van der Waals surface area contributed by atoms with Gasteiger partial charge in [-0.05, 0) is 45.0 Å². The van der Waals surface area contributed by atoms with Crippen LogP contribution in [0.2, 0.25) is 0 Å². The molecule has 1 N–H and O–H groups in total. The van der Waals surface area contributed by atoms with Crippen LogP contribution in [0.25, 0.3) is 0 Å². The van der Waals surface area contributed by atoms with Crippen LogP contribution in [-0.2, 0) is 4.79 Å². The number of piperidine rings is 1. The maximum atomic E-state index is 13.1. The minimum atomic E-state index is -0.307. The molecule has 0 spiro atoms. The van der Waals surface area contributed by atoms with Crippen LogP contribution in [0, 0.1) is 5.82 Å². The molecule has 0 unspecified atom stereocenters. The number of halogens is 1. The normalized spacial score (nSPS) is 16.8. The third-order valence-corrected chi connectivity index (χ3v) is 3.69. The van der Waals surface area contributed by atoms with E-state index in [4.69, 9.17) is 0 Å². The highest BCUT2D eigenvalue weighted by Gasteiger charge is 2.11. The lowest BCUT2D eigenvalue weighted by molar-refractivity contribution is -0.121. The van der Waals surface area contributed by atoms with Crippen molar-refractivity contribution >= 4 is 11.6 Å². The zero-order valence-corrected chi connectivity index (χ0v) is 12.4. The van der Waals surface area contributed by atoms with Crippen LogP contribution in [-0.4, -0.2) is 36.2 Å². The van der Waals surface area contributed by atoms with E-state index in [-0.39, 0.29) is 11.7 Å². The number of hydrazone groups is 1. The highest BCUT2D eigenvalue weighted by atomic mass is 19.1. The Balaban J connectivity index is 1.78. The Morgan fingerprint density at radius 1 is 1.33 bits per heavy atom. The number of nitrogens with zero attached hydrogens (tertiary/aromatic N) is 2. The Morgan fingerprint density at radius 3 is 2.81 bits per heavy atom. The highest BCUT2D eigenvalue weighted by Crippen LogP contribution is 2.08. The fraction of sp³-hybridized carbons (Fsp3) is 0.500. The van der Waals surface area contributed by atoms with Crippen LogP contribution < -0.4 is 5.43 Å². The molecular weight excluding hydrogens is 269 g/mol. The van der Waals surface area contributed by atoms with Crippen molar-refractivity contribution < 1.29 is 9.18 Å². The number of amides is 1. The second-order valence-electron chi connectivity index (χ2n) is 5.39. The van der Waals surface area contributed by atoms with E-state index >= 15 is 0 Å². The molecule has 0 atom stereocenters. The van der Waals surface area contributed by atoms with E-state index in [0.717, 1.165) is 19.6 Å². The first-order valence-corrected chi connectivity index (χ1v) is 7.46. The number of hydrogen-bond acceptors (Lipinski definition) is 3. The van der Waals surface area contributed by atoms with Gasteiger partial charge in [-0.3, -0.25) is 4.79 Å². The quantitative estimate of drug-likeness (QED) is 0.669. The summed E-state index contributed by atoms with van der Waals surface area (Å²) in [5.74, 6) is -0.408. The second-order valence-corrected chi connectivity index (χ2v) is 5.39. The van der Waals surface area contributed by atoms with Gasteiger partial charge in [0, 0.05) is 18.5 Å². The molecule has 114 valence electrons. The van der Waals surface area contributed by atoms with Gasteiger partial charge in [-0.25, -0.2) is 9.82 Å². The summed E-state index contributed by atoms with van der Waals surface area (Å²) < 4.78 is 13.1. The van der Waals surface area contributed by atoms with Gasteiger partial charge in [-0.15, -0.1) is 0 Å². The van der Waals surface area contributed by atoms with Crippen molar-refractivity contribution in [2.75, 3.05) is 19.6 Å². The first kappa shape index (κ1) is 15.6. The number of carbonyl (C=O) groups is 1. The van der Waals surface area contributed by atoms with E-state index in [0.29, 0.717) is 17.7 Å². The lowest BCUT2D eigenvalue weighted by Gasteiger charge is -2.25. The van der Waals surface area contributed by atoms with Crippen molar-refractivity contribution in [2.24, 2.45) is 5.10 Å². The molecule has 0 bridgehead atoms. The molecular formula is C16H22FN3O. The predicted octanol–water partition coefficient (Wildman–Crippen LogP) is 2.54. The second kappa shape index (κ2) is 7.88. The molecule has 1 aliphatic rings. The molecule has 0 radical (unpaired) electrons. The Labute approximate surface area is 125 Å². The third kappa shape index (κ3) is 5.27. The van der Waals surface area contributed by atoms with Gasteiger partial charge in [0.2, 0.25) is 5.91 Å². The van der Waals surface area contributed by atoms with Crippen LogP contribution in [0.15, 0.2) is 29.4 Å². The van der Waals surface area contributed by atoms with Crippen LogP contribution in [0.1, 0.15) is 38.2 Å². The Kier molecular flexibility index (Phi) is 5.87. The molecule has 2 rings (SSSR count). The monoisotopic (exact) mass is 291 g/mol. The molecule has 1 saturated heterocycles. The fourth-order valence-electron chi connectivity index (χ4n) is 2.42. The van der Waals surface area contributed by atoms with Crippen LogP contribution in [0.4, 0.5) is 4.39 Å². The summed E-state index contributed by atoms with van der Waals surface area (Å²) in [6, 6.07) is 6.18. The Bertz CT molecular complexity index is 510. The summed E-state index contributed by atoms with van der Waals surface area (Å²) in [5, 5.41) is 4.03. The van der Waals surface area contributed by atoms with Gasteiger partial charge < -0.3 is 4.90 Å². The molecule has 1 aromatic rings. The van der Waals surface area contributed by atoms with E-state index in [1.165, 1.54) is 31.4 Å². The molecule has 4 nitrogen and oxygen atoms in total. The Hall–Kier alpha value is -1.75. The molecule has 0 saturated carbocycles. The predicted molar refractivity (Wildman–Crippen MR) is 81.7 cm³/mol. The van der Waals surface area contributed by atoms with Crippen LogP contribution in [0.3, 0.4) is 0 Å². The molecule has 21 heavy (non-hydrogen) atoms. The Morgan fingerprint density at radius 2 is 2.10 bits per heavy atom. The van der Waals surface area contributed by atoms with Gasteiger partial charge in [0.05, 0.1) is 5.71 Å². The number of benzene rings is 1. The topological polar surface area (TPSA) is 44.7 Å². The number of carbonyl (C=O) groups excluding carboxylic acids is 1. The van der Waals surface area contributed by atoms with E-state index < -0.39 is 0 Å². The summed E-state index contributed by atoms with van der Waals surface area (Å²) in [4.78, 5) is 14.1. The number of hydrogen-bond donors (Lipinski definition) is 1. The molecule has 1 aliphatic heterocycles. The number of likely N-dealkylation sites (tertiary alicyclic amines) is 1. The number of rotatable bonds is 5. The summed E-state index contributed by atoms with van der Waals surface area (Å²) in [6.07, 6.45) is 4.18. The molecule has 1 heterocycles. The van der Waals surface area contributed by atoms with E-state index in [1.54, 1.807) is 19.1 Å². The largest absolute Gasteiger partial charge is 0.303 e. The summed E-state index contributed by atoms with van der Waals surface area (Å²) in [5.41, 5.74) is 3.81. The van der Waals surface area contributed by atoms with Crippen LogP contribution in [0.5, 0.6) is 0 Å². The average molecular weight is 291 g/mol. The summed E-state index contributed by atoms with van der Waals surface area (Å²) in [6.45, 7) is 4.69. The minimum Gasteiger partial charge on any atom is -0.303 e. The third-order valence-electron chi connectivity index (χ3n) is 3.69. The molecule has 5 heteroatoms.